The molecular weight excluding hydrogens is 1600 g/mol. The fraction of sp³-hybridized carbons (Fsp3) is 0.248. The largest absolute Gasteiger partial charge is 0.486 e. The van der Waals surface area contributed by atoms with Gasteiger partial charge in [0, 0.05) is 32.2 Å². The third kappa shape index (κ3) is 28.1. The number of likely N-dealkylation sites (tertiary alicyclic amines) is 1. The fourth-order valence-electron chi connectivity index (χ4n) is 14.1. The summed E-state index contributed by atoms with van der Waals surface area (Å²) >= 11 is 0. The molecule has 13 aromatic rings. The Kier molecular flexibility index (Phi) is 36.2. The van der Waals surface area contributed by atoms with Gasteiger partial charge in [0.05, 0.1) is 33.4 Å². The number of ether oxygens (including phenoxy) is 5. The predicted octanol–water partition coefficient (Wildman–Crippen LogP) is 16.4. The zero-order valence-corrected chi connectivity index (χ0v) is 70.2. The third-order valence-electron chi connectivity index (χ3n) is 21.3. The Hall–Kier alpha value is -14.3. The molecule has 2 unspecified atom stereocenters. The van der Waals surface area contributed by atoms with Crippen molar-refractivity contribution in [1.82, 2.24) is 10.2 Å². The Morgan fingerprint density at radius 3 is 1.16 bits per heavy atom. The van der Waals surface area contributed by atoms with Gasteiger partial charge in [0.1, 0.15) is 31.1 Å². The minimum absolute atomic E-state index is 0.0221. The molecule has 126 heavy (non-hydrogen) atoms. The van der Waals surface area contributed by atoms with Gasteiger partial charge in [-0.2, -0.15) is 5.26 Å². The van der Waals surface area contributed by atoms with E-state index in [1.54, 1.807) is 0 Å². The van der Waals surface area contributed by atoms with Crippen LogP contribution in [0.4, 0.5) is 4.39 Å². The fourth-order valence-corrected chi connectivity index (χ4v) is 14.1. The second kappa shape index (κ2) is 48.5. The maximum absolute atomic E-state index is 14.6. The minimum atomic E-state index is -1.21. The number of carbonyl (C=O) groups is 6. The van der Waals surface area contributed by atoms with E-state index in [4.69, 9.17) is 30.3 Å². The first-order chi connectivity index (χ1) is 61.2. The standard InChI is InChI=1S/C28H30FN3O5.C15H15NO3.C15H16O3.C15H14O3.C14H13NO3.C14H13NO/c29-22-15-21(16-25-27(22)37-13-12-36-25)26(33)24(17-32-10-3-11-32)30-28(34)23(31-35)9-7-18-6-8-19-4-1-2-5-20(19)14-18;1-19-15(17)14(16-18)9-7-11-6-8-12-4-2-3-5-13(12)10-11;2*1-18-15(17)14(16)9-7-11-6-8-12-4-2-3-5-13(12)10-11;16-14(17)13(15-18)8-6-10-5-7-11-3-1-2-4-12(11)9-10;15-10-14(16)8-6-11-5-7-12-3-1-2-4-13(12)9-11/h1-2,4-6,8,14-16,24,26,33,35H,3,7,9-13,17H2,(H,30,34);2-6,8,10,18H,7,9H2,1H3;2-6,8,10,14,16H,7,9H2,1H3;2-6,8,10H,7,9H2,1H3;1-5,7,9,18H,6,8H2,(H,16,17);1-5,7,9,14,16H,6,8H2/b31-23+;16-14+;;;15-13+;/t24-,26-;;;;;/m1...../s1. The Bertz CT molecular complexity index is 6050. The van der Waals surface area contributed by atoms with E-state index in [0.717, 1.165) is 91.6 Å². The van der Waals surface area contributed by atoms with Gasteiger partial charge < -0.3 is 69.9 Å². The number of esters is 3. The summed E-state index contributed by atoms with van der Waals surface area (Å²) in [6, 6.07) is 88.8. The molecule has 4 atom stereocenters. The minimum Gasteiger partial charge on any atom is -0.486 e. The molecule has 0 spiro atoms. The lowest BCUT2D eigenvalue weighted by atomic mass is 9.98. The lowest BCUT2D eigenvalue weighted by molar-refractivity contribution is -0.151. The number of nitrogens with one attached hydrogen (secondary N) is 1. The van der Waals surface area contributed by atoms with Crippen LogP contribution in [0.15, 0.2) is 282 Å². The van der Waals surface area contributed by atoms with Crippen LogP contribution < -0.4 is 14.8 Å². The van der Waals surface area contributed by atoms with Crippen LogP contribution in [0.2, 0.25) is 0 Å². The average Bonchev–Trinajstić information content (AvgIpc) is 0.802. The summed E-state index contributed by atoms with van der Waals surface area (Å²) < 4.78 is 38.9. The van der Waals surface area contributed by atoms with Gasteiger partial charge in [-0.25, -0.2) is 23.6 Å². The quantitative estimate of drug-likeness (QED) is 0.00429. The monoisotopic (exact) mass is 1700 g/mol. The Balaban J connectivity index is 0.000000163. The average molecular weight is 1710 g/mol. The highest BCUT2D eigenvalue weighted by Crippen LogP contribution is 2.37. The van der Waals surface area contributed by atoms with E-state index in [1.165, 1.54) is 65.8 Å². The van der Waals surface area contributed by atoms with E-state index < -0.39 is 65.7 Å². The predicted molar refractivity (Wildman–Crippen MR) is 483 cm³/mol. The van der Waals surface area contributed by atoms with Crippen molar-refractivity contribution in [1.29, 1.82) is 5.26 Å². The molecule has 2 aliphatic heterocycles. The topological polar surface area (TPSA) is 366 Å². The van der Waals surface area contributed by atoms with Crippen molar-refractivity contribution >= 4 is 117 Å². The van der Waals surface area contributed by atoms with Crippen LogP contribution in [0.1, 0.15) is 90.0 Å². The van der Waals surface area contributed by atoms with Gasteiger partial charge in [0.15, 0.2) is 34.8 Å². The number of aliphatic hydroxyl groups excluding tert-OH is 3. The van der Waals surface area contributed by atoms with E-state index >= 15 is 0 Å². The van der Waals surface area contributed by atoms with Crippen LogP contribution in [0.5, 0.6) is 11.5 Å². The highest BCUT2D eigenvalue weighted by atomic mass is 19.1. The van der Waals surface area contributed by atoms with Gasteiger partial charge in [-0.3, -0.25) is 9.59 Å². The van der Waals surface area contributed by atoms with Crippen LogP contribution in [0.25, 0.3) is 64.6 Å². The van der Waals surface area contributed by atoms with Crippen molar-refractivity contribution < 1.29 is 92.9 Å². The number of aliphatic hydroxyl groups is 3. The zero-order chi connectivity index (χ0) is 89.7. The number of carboxylic acid groups (broad SMARTS) is 1. The summed E-state index contributed by atoms with van der Waals surface area (Å²) in [4.78, 5) is 70.5. The second-order valence-corrected chi connectivity index (χ2v) is 29.9. The van der Waals surface area contributed by atoms with Crippen LogP contribution in [0, 0.1) is 17.1 Å². The van der Waals surface area contributed by atoms with Gasteiger partial charge in [-0.1, -0.05) is 270 Å². The SMILES string of the molecule is COC(=O)/C(CCc1ccc2ccccc2c1)=N/O.COC(=O)C(=O)CCc1ccc2ccccc2c1.COC(=O)C(O)CCc1ccc2ccccc2c1.N#CC(O)CCc1ccc2ccccc2c1.O=C(N[C@H](CN1CCC1)[C@H](O)c1cc(F)c2c(c1)OCCO2)/C(CCc1ccc2ccccc2c1)=N/O.O=C(O)/C(CCc1ccc2ccccc2c1)=N/O. The number of ketones is 1. The van der Waals surface area contributed by atoms with Crippen LogP contribution >= 0.6 is 0 Å². The van der Waals surface area contributed by atoms with E-state index in [-0.39, 0.29) is 66.7 Å². The van der Waals surface area contributed by atoms with Crippen molar-refractivity contribution in [2.45, 2.75) is 108 Å². The summed E-state index contributed by atoms with van der Waals surface area (Å²) in [6.45, 7) is 2.59. The molecule has 13 aromatic carbocycles. The van der Waals surface area contributed by atoms with Gasteiger partial charge in [0.25, 0.3) is 5.91 Å². The van der Waals surface area contributed by atoms with E-state index in [2.05, 4.69) is 101 Å². The van der Waals surface area contributed by atoms with Gasteiger partial charge >= 0.3 is 23.9 Å². The van der Waals surface area contributed by atoms with Gasteiger partial charge in [0.2, 0.25) is 5.78 Å². The molecule has 1 amide bonds. The first kappa shape index (κ1) is 94.0. The number of methoxy groups -OCH3 is 3. The smallest absolute Gasteiger partial charge is 0.374 e. The molecule has 8 N–H and O–H groups in total. The third-order valence-corrected chi connectivity index (χ3v) is 21.3. The number of hydrogen-bond donors (Lipinski definition) is 8. The molecule has 1 saturated heterocycles. The van der Waals surface area contributed by atoms with Crippen LogP contribution in [-0.4, -0.2) is 166 Å². The lowest BCUT2D eigenvalue weighted by Gasteiger charge is -2.36. The number of hydrogen-bond acceptors (Lipinski definition) is 22. The molecule has 0 saturated carbocycles. The van der Waals surface area contributed by atoms with Crippen molar-refractivity contribution in [2.24, 2.45) is 15.5 Å². The Labute approximate surface area is 728 Å². The summed E-state index contributed by atoms with van der Waals surface area (Å²) in [5.41, 5.74) is 6.49. The molecular formula is C101H101FN6O18. The van der Waals surface area contributed by atoms with E-state index in [9.17, 15) is 53.7 Å². The Morgan fingerprint density at radius 2 is 0.802 bits per heavy atom. The molecule has 25 heteroatoms. The molecule has 0 bridgehead atoms. The van der Waals surface area contributed by atoms with E-state index in [1.807, 2.05) is 200 Å². The molecule has 0 aliphatic carbocycles. The Morgan fingerprint density at radius 1 is 0.444 bits per heavy atom. The normalized spacial score (nSPS) is 13.2. The maximum atomic E-state index is 14.6. The molecule has 0 radical (unpaired) electrons. The zero-order valence-electron chi connectivity index (χ0n) is 70.2. The number of fused-ring (bicyclic) bond motifs is 7. The molecule has 24 nitrogen and oxygen atoms in total. The number of nitrogens with zero attached hydrogens (tertiary/aromatic N) is 5. The number of carboxylic acids is 1. The summed E-state index contributed by atoms with van der Waals surface area (Å²) in [7, 11) is 3.77. The molecule has 1 fully saturated rings. The maximum Gasteiger partial charge on any atom is 0.374 e. The lowest BCUT2D eigenvalue weighted by Crippen LogP contribution is -2.52. The van der Waals surface area contributed by atoms with Crippen molar-refractivity contribution in [3.63, 3.8) is 0 Å². The number of halogens is 1. The summed E-state index contributed by atoms with van der Waals surface area (Å²) in [6.07, 6.45) is 3.37. The second-order valence-electron chi connectivity index (χ2n) is 29.9. The first-order valence-electron chi connectivity index (χ1n) is 41.2. The number of carbonyl (C=O) groups excluding carboxylic acids is 5. The van der Waals surface area contributed by atoms with Crippen molar-refractivity contribution in [2.75, 3.05) is 54.2 Å². The number of aliphatic carboxylic acids is 1. The summed E-state index contributed by atoms with van der Waals surface area (Å²) in [5.74, 6) is -4.56. The summed E-state index contributed by atoms with van der Waals surface area (Å²) in [5, 5.41) is 99.7. The van der Waals surface area contributed by atoms with Crippen LogP contribution in [0.3, 0.4) is 0 Å². The molecule has 0 aromatic heterocycles. The van der Waals surface area contributed by atoms with Gasteiger partial charge in [-0.05, 0) is 187 Å². The molecule has 2 heterocycles. The molecule has 15 rings (SSSR count). The van der Waals surface area contributed by atoms with Crippen LogP contribution in [-0.2, 0) is 81.5 Å². The number of oxime groups is 3. The molecule has 650 valence electrons. The first-order valence-corrected chi connectivity index (χ1v) is 41.2. The number of Topliss-reactive ketones (excluding diaryl/α,β-unsaturated/α-hetero) is 1. The number of nitriles is 1. The van der Waals surface area contributed by atoms with Crippen molar-refractivity contribution in [3.8, 4) is 17.6 Å². The van der Waals surface area contributed by atoms with E-state index in [0.29, 0.717) is 57.9 Å². The van der Waals surface area contributed by atoms with Crippen molar-refractivity contribution in [3.05, 3.63) is 312 Å². The number of aryl methyl sites for hydroxylation is 6. The number of amides is 1. The van der Waals surface area contributed by atoms with Gasteiger partial charge in [-0.15, -0.1) is 0 Å². The number of rotatable bonds is 28. The molecule has 2 aliphatic rings. The highest BCUT2D eigenvalue weighted by Gasteiger charge is 2.31. The highest BCUT2D eigenvalue weighted by molar-refractivity contribution is 6.39. The number of benzene rings is 13.